The van der Waals surface area contributed by atoms with Gasteiger partial charge in [-0.1, -0.05) is 12.1 Å². The number of hydrogen-bond donors (Lipinski definition) is 1. The molecule has 0 aliphatic carbocycles. The van der Waals surface area contributed by atoms with E-state index in [0.29, 0.717) is 12.1 Å². The van der Waals surface area contributed by atoms with Crippen LogP contribution in [0.4, 0.5) is 5.69 Å². The molecule has 1 saturated heterocycles. The molecule has 1 amide bonds. The van der Waals surface area contributed by atoms with E-state index >= 15 is 0 Å². The van der Waals surface area contributed by atoms with Crippen LogP contribution >= 0.6 is 0 Å². The number of nitrogens with zero attached hydrogens (tertiary/aromatic N) is 3. The average molecular weight is 314 g/mol. The Morgan fingerprint density at radius 3 is 2.65 bits per heavy atom. The van der Waals surface area contributed by atoms with Crippen molar-refractivity contribution in [2.24, 2.45) is 0 Å². The molecule has 1 N–H and O–H groups in total. The summed E-state index contributed by atoms with van der Waals surface area (Å²) >= 11 is 0. The Morgan fingerprint density at radius 2 is 1.96 bits per heavy atom. The summed E-state index contributed by atoms with van der Waals surface area (Å²) in [6.45, 7) is 9.90. The van der Waals surface area contributed by atoms with Crippen molar-refractivity contribution >= 4 is 11.6 Å². The zero-order chi connectivity index (χ0) is 16.9. The summed E-state index contributed by atoms with van der Waals surface area (Å²) < 4.78 is 0. The monoisotopic (exact) mass is 314 g/mol. The number of amides is 1. The normalized spacial score (nSPS) is 16.5. The van der Waals surface area contributed by atoms with Crippen LogP contribution in [0.25, 0.3) is 0 Å². The summed E-state index contributed by atoms with van der Waals surface area (Å²) in [5, 5.41) is 12.3. The average Bonchev–Trinajstić information content (AvgIpc) is 2.70. The van der Waals surface area contributed by atoms with Gasteiger partial charge in [-0.15, -0.1) is 0 Å². The lowest BCUT2D eigenvalue weighted by Crippen LogP contribution is -2.46. The van der Waals surface area contributed by atoms with Gasteiger partial charge in [-0.3, -0.25) is 9.69 Å². The van der Waals surface area contributed by atoms with Gasteiger partial charge in [-0.05, 0) is 39.3 Å². The minimum atomic E-state index is -0.194. The van der Waals surface area contributed by atoms with Crippen LogP contribution in [0.2, 0.25) is 0 Å². The molecule has 124 valence electrons. The third-order valence-electron chi connectivity index (χ3n) is 3.84. The van der Waals surface area contributed by atoms with E-state index in [9.17, 15) is 10.1 Å². The maximum atomic E-state index is 12.1. The van der Waals surface area contributed by atoms with E-state index in [-0.39, 0.29) is 11.4 Å². The third-order valence-corrected chi connectivity index (χ3v) is 3.84. The molecular weight excluding hydrogens is 288 g/mol. The smallest absolute Gasteiger partial charge is 0.234 e. The molecule has 2 rings (SSSR count). The number of benzene rings is 1. The zero-order valence-corrected chi connectivity index (χ0v) is 14.3. The highest BCUT2D eigenvalue weighted by atomic mass is 16.2. The van der Waals surface area contributed by atoms with Crippen LogP contribution in [0.15, 0.2) is 24.3 Å². The number of anilines is 1. The molecule has 0 radical (unpaired) electrons. The Bertz CT molecular complexity index is 585. The van der Waals surface area contributed by atoms with Crippen molar-refractivity contribution in [3.05, 3.63) is 29.8 Å². The molecule has 5 heteroatoms. The van der Waals surface area contributed by atoms with Crippen LogP contribution in [-0.4, -0.2) is 49.1 Å². The molecule has 0 spiro atoms. The van der Waals surface area contributed by atoms with Crippen LogP contribution in [0.3, 0.4) is 0 Å². The Kier molecular flexibility index (Phi) is 5.62. The maximum Gasteiger partial charge on any atom is 0.234 e. The highest BCUT2D eigenvalue weighted by Gasteiger charge is 2.20. The van der Waals surface area contributed by atoms with Gasteiger partial charge in [0.05, 0.1) is 17.8 Å². The molecule has 1 fully saturated rings. The van der Waals surface area contributed by atoms with Crippen molar-refractivity contribution < 1.29 is 4.79 Å². The molecule has 0 saturated carbocycles. The summed E-state index contributed by atoms with van der Waals surface area (Å²) in [4.78, 5) is 16.5. The molecule has 1 heterocycles. The van der Waals surface area contributed by atoms with Crippen LogP contribution in [0, 0.1) is 11.3 Å². The van der Waals surface area contributed by atoms with Crippen LogP contribution < -0.4 is 10.2 Å². The Labute approximate surface area is 138 Å². The molecule has 0 unspecified atom stereocenters. The van der Waals surface area contributed by atoms with E-state index in [1.807, 2.05) is 45.0 Å². The first-order valence-corrected chi connectivity index (χ1v) is 8.16. The van der Waals surface area contributed by atoms with Crippen molar-refractivity contribution in [1.82, 2.24) is 10.2 Å². The minimum absolute atomic E-state index is 0.0726. The summed E-state index contributed by atoms with van der Waals surface area (Å²) in [6.07, 6.45) is 0.989. The number of para-hydroxylation sites is 1. The number of nitrogens with one attached hydrogen (secondary N) is 1. The number of nitriles is 1. The number of rotatable bonds is 3. The predicted molar refractivity (Wildman–Crippen MR) is 92.3 cm³/mol. The first-order chi connectivity index (χ1) is 10.9. The summed E-state index contributed by atoms with van der Waals surface area (Å²) in [7, 11) is 0. The minimum Gasteiger partial charge on any atom is -0.369 e. The lowest BCUT2D eigenvalue weighted by molar-refractivity contribution is -0.123. The lowest BCUT2D eigenvalue weighted by Gasteiger charge is -2.25. The second-order valence-electron chi connectivity index (χ2n) is 7.04. The molecule has 1 aliphatic heterocycles. The summed E-state index contributed by atoms with van der Waals surface area (Å²) in [6, 6.07) is 9.98. The van der Waals surface area contributed by atoms with Crippen molar-refractivity contribution in [2.45, 2.75) is 32.7 Å². The van der Waals surface area contributed by atoms with Crippen LogP contribution in [0.5, 0.6) is 0 Å². The molecule has 0 atom stereocenters. The molecule has 5 nitrogen and oxygen atoms in total. The van der Waals surface area contributed by atoms with Crippen LogP contribution in [-0.2, 0) is 4.79 Å². The number of hydrogen-bond acceptors (Lipinski definition) is 4. The van der Waals surface area contributed by atoms with Gasteiger partial charge in [-0.25, -0.2) is 0 Å². The SMILES string of the molecule is CC(C)(C)NC(=O)CN1CCCN(c2ccccc2C#N)CC1. The van der Waals surface area contributed by atoms with Crippen molar-refractivity contribution in [1.29, 1.82) is 5.26 Å². The fourth-order valence-corrected chi connectivity index (χ4v) is 2.87. The largest absolute Gasteiger partial charge is 0.369 e. The molecule has 23 heavy (non-hydrogen) atoms. The van der Waals surface area contributed by atoms with Gasteiger partial charge in [-0.2, -0.15) is 5.26 Å². The summed E-state index contributed by atoms with van der Waals surface area (Å²) in [5.74, 6) is 0.0726. The molecule has 0 bridgehead atoms. The first-order valence-electron chi connectivity index (χ1n) is 8.16. The van der Waals surface area contributed by atoms with Gasteiger partial charge in [0.2, 0.25) is 5.91 Å². The van der Waals surface area contributed by atoms with E-state index in [2.05, 4.69) is 21.2 Å². The van der Waals surface area contributed by atoms with Gasteiger partial charge < -0.3 is 10.2 Å². The van der Waals surface area contributed by atoms with Crippen molar-refractivity contribution in [2.75, 3.05) is 37.6 Å². The predicted octanol–water partition coefficient (Wildman–Crippen LogP) is 1.99. The maximum absolute atomic E-state index is 12.1. The van der Waals surface area contributed by atoms with E-state index in [1.165, 1.54) is 0 Å². The second-order valence-corrected chi connectivity index (χ2v) is 7.04. The molecule has 1 aromatic carbocycles. The third kappa shape index (κ3) is 5.26. The molecule has 1 aliphatic rings. The van der Waals surface area contributed by atoms with Gasteiger partial charge in [0.1, 0.15) is 6.07 Å². The highest BCUT2D eigenvalue weighted by Crippen LogP contribution is 2.21. The molecular formula is C18H26N4O. The zero-order valence-electron chi connectivity index (χ0n) is 14.3. The quantitative estimate of drug-likeness (QED) is 0.927. The standard InChI is InChI=1S/C18H26N4O/c1-18(2,3)20-17(23)14-21-9-6-10-22(12-11-21)16-8-5-4-7-15(16)13-19/h4-5,7-8H,6,9-12,14H2,1-3H3,(H,20,23). The summed E-state index contributed by atoms with van der Waals surface area (Å²) in [5.41, 5.74) is 1.52. The highest BCUT2D eigenvalue weighted by molar-refractivity contribution is 5.78. The van der Waals surface area contributed by atoms with E-state index in [1.54, 1.807) is 0 Å². The van der Waals surface area contributed by atoms with Gasteiger partial charge >= 0.3 is 0 Å². The molecule has 1 aromatic rings. The van der Waals surface area contributed by atoms with E-state index < -0.39 is 0 Å². The van der Waals surface area contributed by atoms with E-state index in [4.69, 9.17) is 0 Å². The Morgan fingerprint density at radius 1 is 1.22 bits per heavy atom. The Hall–Kier alpha value is -2.06. The fourth-order valence-electron chi connectivity index (χ4n) is 2.87. The Balaban J connectivity index is 1.95. The van der Waals surface area contributed by atoms with Crippen molar-refractivity contribution in [3.63, 3.8) is 0 Å². The van der Waals surface area contributed by atoms with Crippen molar-refractivity contribution in [3.8, 4) is 6.07 Å². The van der Waals surface area contributed by atoms with Gasteiger partial charge in [0, 0.05) is 31.7 Å². The van der Waals surface area contributed by atoms with E-state index in [0.717, 1.165) is 38.3 Å². The first kappa shape index (κ1) is 17.3. The molecule has 0 aromatic heterocycles. The lowest BCUT2D eigenvalue weighted by atomic mass is 10.1. The van der Waals surface area contributed by atoms with Crippen LogP contribution in [0.1, 0.15) is 32.8 Å². The number of carbonyl (C=O) groups is 1. The van der Waals surface area contributed by atoms with Gasteiger partial charge in [0.15, 0.2) is 0 Å². The second kappa shape index (κ2) is 7.47. The number of carbonyl (C=O) groups excluding carboxylic acids is 1. The van der Waals surface area contributed by atoms with Gasteiger partial charge in [0.25, 0.3) is 0 Å². The fraction of sp³-hybridized carbons (Fsp3) is 0.556. The topological polar surface area (TPSA) is 59.4 Å².